The van der Waals surface area contributed by atoms with Gasteiger partial charge in [0, 0.05) is 23.8 Å². The molecule has 3 heterocycles. The molecule has 1 atom stereocenters. The van der Waals surface area contributed by atoms with Crippen LogP contribution in [-0.2, 0) is 22.9 Å². The minimum Gasteiger partial charge on any atom is -0.465 e. The number of carbonyl (C=O) groups is 1. The van der Waals surface area contributed by atoms with Gasteiger partial charge in [0.1, 0.15) is 16.3 Å². The maximum absolute atomic E-state index is 13.0. The van der Waals surface area contributed by atoms with Gasteiger partial charge in [-0.2, -0.15) is 13.2 Å². The highest BCUT2D eigenvalue weighted by molar-refractivity contribution is 7.15. The van der Waals surface area contributed by atoms with E-state index in [0.717, 1.165) is 17.8 Å². The Kier molecular flexibility index (Phi) is 6.61. The molecule has 0 fully saturated rings. The molecule has 1 aromatic carbocycles. The summed E-state index contributed by atoms with van der Waals surface area (Å²) in [6.07, 6.45) is -0.0492. The standard InChI is InChI=1S/C26H22F3N5O3S/c1-14-10-17(33-24-30-9-7-21(34-24)26(27,28)29)12-19(32-14)20-13-31-23(38-20)25(36)8-3-4-15-11-16(22(35)37-2)5-6-18(15)25/h5-7,9-13,36H,3-4,8H2,1-2H3,(H,30,32,33,34)/t25-/m0/s1. The second kappa shape index (κ2) is 9.76. The van der Waals surface area contributed by atoms with E-state index >= 15 is 0 Å². The maximum atomic E-state index is 13.0. The Hall–Kier alpha value is -3.90. The normalized spacial score (nSPS) is 17.1. The minimum absolute atomic E-state index is 0.194. The number of ether oxygens (including phenoxy) is 1. The first-order valence-corrected chi connectivity index (χ1v) is 12.5. The largest absolute Gasteiger partial charge is 0.465 e. The van der Waals surface area contributed by atoms with E-state index in [4.69, 9.17) is 4.74 Å². The number of aromatic nitrogens is 4. The molecule has 3 aromatic heterocycles. The molecule has 12 heteroatoms. The van der Waals surface area contributed by atoms with Crippen LogP contribution in [0.1, 0.15) is 50.7 Å². The van der Waals surface area contributed by atoms with E-state index in [9.17, 15) is 23.1 Å². The third-order valence-corrected chi connectivity index (χ3v) is 7.40. The number of pyridine rings is 1. The molecule has 0 amide bonds. The van der Waals surface area contributed by atoms with Gasteiger partial charge < -0.3 is 15.2 Å². The summed E-state index contributed by atoms with van der Waals surface area (Å²) >= 11 is 1.28. The molecule has 0 saturated carbocycles. The van der Waals surface area contributed by atoms with E-state index in [2.05, 4.69) is 25.3 Å². The first-order chi connectivity index (χ1) is 18.1. The summed E-state index contributed by atoms with van der Waals surface area (Å²) in [6, 6.07) is 9.25. The number of halogens is 3. The summed E-state index contributed by atoms with van der Waals surface area (Å²) < 4.78 is 43.9. The summed E-state index contributed by atoms with van der Waals surface area (Å²) in [5, 5.41) is 15.0. The number of thiazole rings is 1. The molecule has 1 aliphatic rings. The van der Waals surface area contributed by atoms with E-state index in [1.165, 1.54) is 18.4 Å². The monoisotopic (exact) mass is 541 g/mol. The smallest absolute Gasteiger partial charge is 0.433 e. The van der Waals surface area contributed by atoms with Crippen molar-refractivity contribution in [3.8, 4) is 10.6 Å². The zero-order valence-electron chi connectivity index (χ0n) is 20.3. The van der Waals surface area contributed by atoms with Crippen molar-refractivity contribution in [1.29, 1.82) is 0 Å². The molecular formula is C26H22F3N5O3S. The van der Waals surface area contributed by atoms with Crippen LogP contribution in [0.5, 0.6) is 0 Å². The van der Waals surface area contributed by atoms with Gasteiger partial charge in [-0.1, -0.05) is 6.07 Å². The molecule has 2 N–H and O–H groups in total. The average molecular weight is 542 g/mol. The quantitative estimate of drug-likeness (QED) is 0.322. The van der Waals surface area contributed by atoms with Gasteiger partial charge in [-0.05, 0) is 67.6 Å². The highest BCUT2D eigenvalue weighted by atomic mass is 32.1. The molecule has 196 valence electrons. The lowest BCUT2D eigenvalue weighted by Crippen LogP contribution is -2.32. The van der Waals surface area contributed by atoms with Crippen molar-refractivity contribution in [2.24, 2.45) is 0 Å². The fourth-order valence-electron chi connectivity index (χ4n) is 4.50. The molecule has 0 aliphatic heterocycles. The van der Waals surface area contributed by atoms with Crippen molar-refractivity contribution >= 4 is 28.9 Å². The second-order valence-electron chi connectivity index (χ2n) is 8.88. The van der Waals surface area contributed by atoms with Crippen LogP contribution in [0.3, 0.4) is 0 Å². The Morgan fingerprint density at radius 3 is 2.74 bits per heavy atom. The number of carbonyl (C=O) groups excluding carboxylic acids is 1. The van der Waals surface area contributed by atoms with Crippen LogP contribution in [0.4, 0.5) is 24.8 Å². The number of benzene rings is 1. The Labute approximate surface area is 219 Å². The molecule has 0 radical (unpaired) electrons. The number of methoxy groups -OCH3 is 1. The van der Waals surface area contributed by atoms with Gasteiger partial charge in [0.15, 0.2) is 0 Å². The van der Waals surface area contributed by atoms with Crippen molar-refractivity contribution in [3.63, 3.8) is 0 Å². The topological polar surface area (TPSA) is 110 Å². The third kappa shape index (κ3) is 4.96. The van der Waals surface area contributed by atoms with E-state index in [1.807, 2.05) is 0 Å². The van der Waals surface area contributed by atoms with Crippen molar-refractivity contribution in [1.82, 2.24) is 19.9 Å². The number of aliphatic hydroxyl groups is 1. The van der Waals surface area contributed by atoms with Crippen LogP contribution in [0.25, 0.3) is 10.6 Å². The zero-order valence-corrected chi connectivity index (χ0v) is 21.2. The lowest BCUT2D eigenvalue weighted by Gasteiger charge is -2.33. The highest BCUT2D eigenvalue weighted by Crippen LogP contribution is 2.44. The molecule has 0 unspecified atom stereocenters. The summed E-state index contributed by atoms with van der Waals surface area (Å²) in [7, 11) is 1.32. The Morgan fingerprint density at radius 1 is 1.16 bits per heavy atom. The number of hydrogen-bond donors (Lipinski definition) is 2. The predicted molar refractivity (Wildman–Crippen MR) is 134 cm³/mol. The van der Waals surface area contributed by atoms with Crippen LogP contribution in [-0.4, -0.2) is 38.1 Å². The van der Waals surface area contributed by atoms with Crippen molar-refractivity contribution in [3.05, 3.63) is 81.9 Å². The summed E-state index contributed by atoms with van der Waals surface area (Å²) in [6.45, 7) is 1.76. The molecule has 38 heavy (non-hydrogen) atoms. The van der Waals surface area contributed by atoms with Gasteiger partial charge >= 0.3 is 12.1 Å². The number of rotatable bonds is 5. The van der Waals surface area contributed by atoms with Crippen LogP contribution >= 0.6 is 11.3 Å². The second-order valence-corrected chi connectivity index (χ2v) is 9.91. The summed E-state index contributed by atoms with van der Waals surface area (Å²) in [4.78, 5) is 29.1. The SMILES string of the molecule is COC(=O)c1ccc2c(c1)CCC[C@@]2(O)c1ncc(-c2cc(Nc3nccc(C(F)(F)F)n3)cc(C)n2)s1. The molecule has 8 nitrogen and oxygen atoms in total. The Bertz CT molecular complexity index is 1520. The predicted octanol–water partition coefficient (Wildman–Crippen LogP) is 5.42. The number of esters is 1. The first kappa shape index (κ1) is 25.7. The molecule has 0 spiro atoms. The molecule has 0 bridgehead atoms. The average Bonchev–Trinajstić information content (AvgIpc) is 3.39. The van der Waals surface area contributed by atoms with E-state index < -0.39 is 23.4 Å². The minimum atomic E-state index is -4.59. The van der Waals surface area contributed by atoms with Crippen molar-refractivity contribution < 1.29 is 27.8 Å². The number of anilines is 2. The lowest BCUT2D eigenvalue weighted by atomic mass is 9.79. The van der Waals surface area contributed by atoms with Gasteiger partial charge in [0.25, 0.3) is 0 Å². The fraction of sp³-hybridized carbons (Fsp3) is 0.269. The first-order valence-electron chi connectivity index (χ1n) is 11.6. The number of aryl methyl sites for hydroxylation is 2. The maximum Gasteiger partial charge on any atom is 0.433 e. The molecular weight excluding hydrogens is 519 g/mol. The fourth-order valence-corrected chi connectivity index (χ4v) is 5.51. The van der Waals surface area contributed by atoms with Crippen molar-refractivity contribution in [2.75, 3.05) is 12.4 Å². The van der Waals surface area contributed by atoms with Crippen LogP contribution in [0, 0.1) is 6.92 Å². The summed E-state index contributed by atoms with van der Waals surface area (Å²) in [5.74, 6) is -0.635. The number of nitrogens with one attached hydrogen (secondary N) is 1. The Morgan fingerprint density at radius 2 is 1.97 bits per heavy atom. The molecule has 1 aliphatic carbocycles. The van der Waals surface area contributed by atoms with Gasteiger partial charge in [0.2, 0.25) is 5.95 Å². The van der Waals surface area contributed by atoms with Gasteiger partial charge in [0.05, 0.1) is 23.2 Å². The molecule has 5 rings (SSSR count). The van der Waals surface area contributed by atoms with Gasteiger partial charge in [-0.3, -0.25) is 4.98 Å². The number of fused-ring (bicyclic) bond motifs is 1. The highest BCUT2D eigenvalue weighted by Gasteiger charge is 2.39. The van der Waals surface area contributed by atoms with E-state index in [-0.39, 0.29) is 5.95 Å². The number of alkyl halides is 3. The number of nitrogens with zero attached hydrogens (tertiary/aromatic N) is 4. The van der Waals surface area contributed by atoms with Crippen LogP contribution in [0.15, 0.2) is 48.8 Å². The van der Waals surface area contributed by atoms with Crippen LogP contribution in [0.2, 0.25) is 0 Å². The van der Waals surface area contributed by atoms with Crippen molar-refractivity contribution in [2.45, 2.75) is 38.0 Å². The molecule has 4 aromatic rings. The lowest BCUT2D eigenvalue weighted by molar-refractivity contribution is -0.141. The third-order valence-electron chi connectivity index (χ3n) is 6.22. The van der Waals surface area contributed by atoms with Gasteiger partial charge in [-0.25, -0.2) is 19.7 Å². The van der Waals surface area contributed by atoms with E-state index in [0.29, 0.717) is 57.3 Å². The van der Waals surface area contributed by atoms with E-state index in [1.54, 1.807) is 43.5 Å². The van der Waals surface area contributed by atoms with Crippen LogP contribution < -0.4 is 5.32 Å². The summed E-state index contributed by atoms with van der Waals surface area (Å²) in [5.41, 5.74) is 1.20. The Balaban J connectivity index is 1.45. The zero-order chi connectivity index (χ0) is 27.1. The number of hydrogen-bond acceptors (Lipinski definition) is 9. The van der Waals surface area contributed by atoms with Gasteiger partial charge in [-0.15, -0.1) is 11.3 Å². The molecule has 0 saturated heterocycles.